The predicted octanol–water partition coefficient (Wildman–Crippen LogP) is 2.46. The van der Waals surface area contributed by atoms with Gasteiger partial charge in [-0.2, -0.15) is 0 Å². The molecule has 0 aliphatic carbocycles. The highest BCUT2D eigenvalue weighted by Gasteiger charge is 2.20. The Bertz CT molecular complexity index is 510. The number of anilines is 1. The number of amides is 3. The minimum atomic E-state index is -0.230. The summed E-state index contributed by atoms with van der Waals surface area (Å²) >= 11 is 9.16. The highest BCUT2D eigenvalue weighted by molar-refractivity contribution is 9.10. The van der Waals surface area contributed by atoms with Gasteiger partial charge in [-0.3, -0.25) is 4.79 Å². The summed E-state index contributed by atoms with van der Waals surface area (Å²) in [5, 5.41) is 6.01. The maximum atomic E-state index is 11.8. The molecule has 7 heteroatoms. The first kappa shape index (κ1) is 14.1. The second-order valence-electron chi connectivity index (χ2n) is 4.18. The molecule has 0 spiro atoms. The van der Waals surface area contributed by atoms with Crippen LogP contribution in [0.25, 0.3) is 0 Å². The minimum Gasteiger partial charge on any atom is -0.338 e. The smallest absolute Gasteiger partial charge is 0.317 e. The van der Waals surface area contributed by atoms with E-state index in [4.69, 9.17) is 11.6 Å². The van der Waals surface area contributed by atoms with Gasteiger partial charge in [0.1, 0.15) is 6.54 Å². The number of rotatable bonds is 3. The fourth-order valence-electron chi connectivity index (χ4n) is 1.78. The first-order valence-corrected chi connectivity index (χ1v) is 7.01. The lowest BCUT2D eigenvalue weighted by Gasteiger charge is -2.26. The molecule has 0 atom stereocenters. The zero-order valence-corrected chi connectivity index (χ0v) is 12.4. The maximum Gasteiger partial charge on any atom is 0.317 e. The van der Waals surface area contributed by atoms with Crippen molar-refractivity contribution in [1.29, 1.82) is 0 Å². The fourth-order valence-corrected chi connectivity index (χ4v) is 2.27. The Kier molecular flexibility index (Phi) is 4.66. The van der Waals surface area contributed by atoms with Gasteiger partial charge in [0.2, 0.25) is 5.91 Å². The van der Waals surface area contributed by atoms with Crippen LogP contribution in [-0.2, 0) is 4.79 Å². The van der Waals surface area contributed by atoms with Crippen molar-refractivity contribution in [3.8, 4) is 0 Å². The Morgan fingerprint density at radius 1 is 1.53 bits per heavy atom. The molecule has 0 radical (unpaired) electrons. The molecule has 1 aliphatic rings. The number of carbonyl (C=O) groups excluding carboxylic acids is 2. The second-order valence-corrected chi connectivity index (χ2v) is 5.45. The number of nitrogens with zero attached hydrogens (tertiary/aromatic N) is 1. The number of hydrogen-bond donors (Lipinski definition) is 2. The van der Waals surface area contributed by atoms with Gasteiger partial charge in [0, 0.05) is 23.2 Å². The van der Waals surface area contributed by atoms with Gasteiger partial charge in [-0.25, -0.2) is 4.79 Å². The third-order valence-electron chi connectivity index (χ3n) is 2.71. The predicted molar refractivity (Wildman–Crippen MR) is 77.4 cm³/mol. The molecule has 0 bridgehead atoms. The van der Waals surface area contributed by atoms with E-state index in [0.717, 1.165) is 6.42 Å². The van der Waals surface area contributed by atoms with Crippen LogP contribution in [0, 0.1) is 0 Å². The van der Waals surface area contributed by atoms with Gasteiger partial charge < -0.3 is 15.5 Å². The lowest BCUT2D eigenvalue weighted by atomic mass is 10.3. The average molecular weight is 347 g/mol. The average Bonchev–Trinajstić information content (AvgIpc) is 2.37. The van der Waals surface area contributed by atoms with Crippen LogP contribution in [0.2, 0.25) is 5.02 Å². The molecule has 1 aromatic carbocycles. The van der Waals surface area contributed by atoms with Crippen LogP contribution in [-0.4, -0.2) is 36.5 Å². The first-order chi connectivity index (χ1) is 9.06. The molecule has 2 rings (SSSR count). The molecule has 19 heavy (non-hydrogen) atoms. The number of hydrogen-bond acceptors (Lipinski definition) is 2. The van der Waals surface area contributed by atoms with Gasteiger partial charge in [-0.15, -0.1) is 0 Å². The summed E-state index contributed by atoms with van der Waals surface area (Å²) in [4.78, 5) is 24.8. The highest BCUT2D eigenvalue weighted by atomic mass is 79.9. The van der Waals surface area contributed by atoms with Crippen LogP contribution >= 0.6 is 27.5 Å². The van der Waals surface area contributed by atoms with Crippen molar-refractivity contribution < 1.29 is 9.59 Å². The summed E-state index contributed by atoms with van der Waals surface area (Å²) in [6.45, 7) is 1.32. The number of urea groups is 1. The lowest BCUT2D eigenvalue weighted by Crippen LogP contribution is -2.49. The van der Waals surface area contributed by atoms with Crippen LogP contribution in [0.4, 0.5) is 10.5 Å². The van der Waals surface area contributed by atoms with E-state index in [-0.39, 0.29) is 18.5 Å². The standard InChI is InChI=1S/C12H13BrClN3O2/c13-9-6-8(2-3-10(9)14)16-11(18)7-17-5-1-4-15-12(17)19/h2-3,6H,1,4-5,7H2,(H,15,19)(H,16,18). The molecule has 0 saturated carbocycles. The van der Waals surface area contributed by atoms with Gasteiger partial charge in [0.05, 0.1) is 5.02 Å². The van der Waals surface area contributed by atoms with Gasteiger partial charge in [-0.1, -0.05) is 11.6 Å². The zero-order valence-electron chi connectivity index (χ0n) is 10.1. The van der Waals surface area contributed by atoms with Crippen molar-refractivity contribution in [1.82, 2.24) is 10.2 Å². The lowest BCUT2D eigenvalue weighted by molar-refractivity contribution is -0.116. The second kappa shape index (κ2) is 6.25. The molecule has 1 aromatic rings. The monoisotopic (exact) mass is 345 g/mol. The molecule has 102 valence electrons. The number of nitrogens with one attached hydrogen (secondary N) is 2. The van der Waals surface area contributed by atoms with E-state index in [2.05, 4.69) is 26.6 Å². The van der Waals surface area contributed by atoms with Crippen LogP contribution in [0.3, 0.4) is 0 Å². The van der Waals surface area contributed by atoms with Crippen molar-refractivity contribution in [3.63, 3.8) is 0 Å². The molecule has 2 N–H and O–H groups in total. The van der Waals surface area contributed by atoms with Crippen molar-refractivity contribution in [2.24, 2.45) is 0 Å². The maximum absolute atomic E-state index is 11.8. The van der Waals surface area contributed by atoms with Gasteiger partial charge >= 0.3 is 6.03 Å². The summed E-state index contributed by atoms with van der Waals surface area (Å²) in [6.07, 6.45) is 0.853. The summed E-state index contributed by atoms with van der Waals surface area (Å²) in [5.74, 6) is -0.230. The number of halogens is 2. The van der Waals surface area contributed by atoms with Crippen LogP contribution in [0.15, 0.2) is 22.7 Å². The van der Waals surface area contributed by atoms with Gasteiger partial charge in [-0.05, 0) is 40.5 Å². The number of benzene rings is 1. The van der Waals surface area contributed by atoms with Crippen molar-refractivity contribution in [2.45, 2.75) is 6.42 Å². The summed E-state index contributed by atoms with van der Waals surface area (Å²) in [6, 6.07) is 4.92. The molecule has 1 fully saturated rings. The Balaban J connectivity index is 1.93. The van der Waals surface area contributed by atoms with E-state index in [1.807, 2.05) is 0 Å². The quantitative estimate of drug-likeness (QED) is 0.883. The van der Waals surface area contributed by atoms with E-state index in [9.17, 15) is 9.59 Å². The Hall–Kier alpha value is -1.27. The third kappa shape index (κ3) is 3.84. The largest absolute Gasteiger partial charge is 0.338 e. The zero-order chi connectivity index (χ0) is 13.8. The van der Waals surface area contributed by atoms with Crippen molar-refractivity contribution >= 4 is 45.2 Å². The van der Waals surface area contributed by atoms with E-state index < -0.39 is 0 Å². The summed E-state index contributed by atoms with van der Waals surface area (Å²) in [5.41, 5.74) is 0.638. The van der Waals surface area contributed by atoms with E-state index >= 15 is 0 Å². The highest BCUT2D eigenvalue weighted by Crippen LogP contribution is 2.25. The topological polar surface area (TPSA) is 61.4 Å². The Labute approximate surface area is 124 Å². The van der Waals surface area contributed by atoms with Gasteiger partial charge in [0.15, 0.2) is 0 Å². The molecule has 0 aromatic heterocycles. The van der Waals surface area contributed by atoms with Crippen LogP contribution in [0.1, 0.15) is 6.42 Å². The molecular weight excluding hydrogens is 334 g/mol. The van der Waals surface area contributed by atoms with Crippen molar-refractivity contribution in [3.05, 3.63) is 27.7 Å². The Morgan fingerprint density at radius 2 is 2.32 bits per heavy atom. The van der Waals surface area contributed by atoms with E-state index in [0.29, 0.717) is 28.3 Å². The summed E-state index contributed by atoms with van der Waals surface area (Å²) < 4.78 is 0.711. The van der Waals surface area contributed by atoms with Gasteiger partial charge in [0.25, 0.3) is 0 Å². The molecule has 5 nitrogen and oxygen atoms in total. The molecule has 3 amide bonds. The SMILES string of the molecule is O=C(CN1CCCNC1=O)Nc1ccc(Cl)c(Br)c1. The fraction of sp³-hybridized carbons (Fsp3) is 0.333. The van der Waals surface area contributed by atoms with E-state index in [1.165, 1.54) is 4.90 Å². The summed E-state index contributed by atoms with van der Waals surface area (Å²) in [7, 11) is 0. The molecule has 1 aliphatic heterocycles. The number of carbonyl (C=O) groups is 2. The first-order valence-electron chi connectivity index (χ1n) is 5.84. The third-order valence-corrected chi connectivity index (χ3v) is 3.92. The van der Waals surface area contributed by atoms with Crippen LogP contribution < -0.4 is 10.6 Å². The van der Waals surface area contributed by atoms with E-state index in [1.54, 1.807) is 18.2 Å². The normalized spacial score (nSPS) is 15.1. The molecule has 1 heterocycles. The molecular formula is C12H13BrClN3O2. The molecule has 0 unspecified atom stereocenters. The van der Waals surface area contributed by atoms with Crippen LogP contribution in [0.5, 0.6) is 0 Å². The molecule has 1 saturated heterocycles. The minimum absolute atomic E-state index is 0.0477. The van der Waals surface area contributed by atoms with Crippen molar-refractivity contribution in [2.75, 3.05) is 25.0 Å². The Morgan fingerprint density at radius 3 is 3.00 bits per heavy atom.